The molecule has 0 saturated carbocycles. The molecule has 0 aromatic heterocycles. The van der Waals surface area contributed by atoms with E-state index in [1.165, 1.54) is 0 Å². The highest BCUT2D eigenvalue weighted by molar-refractivity contribution is 9.10. The summed E-state index contributed by atoms with van der Waals surface area (Å²) in [6.45, 7) is 0.844. The predicted molar refractivity (Wildman–Crippen MR) is 56.4 cm³/mol. The Labute approximate surface area is 90.4 Å². The Morgan fingerprint density at radius 3 is 2.29 bits per heavy atom. The first-order valence-corrected chi connectivity index (χ1v) is 5.07. The van der Waals surface area contributed by atoms with Gasteiger partial charge in [-0.3, -0.25) is 0 Å². The molecule has 1 aromatic carbocycles. The quantitative estimate of drug-likeness (QED) is 0.892. The molecular formula is C10H12BrF2N. The van der Waals surface area contributed by atoms with E-state index in [0.717, 1.165) is 17.0 Å². The number of alkyl halides is 2. The molecule has 1 aromatic rings. The average Bonchev–Trinajstić information content (AvgIpc) is 2.07. The van der Waals surface area contributed by atoms with Gasteiger partial charge < -0.3 is 5.73 Å². The summed E-state index contributed by atoms with van der Waals surface area (Å²) in [7, 11) is 0. The van der Waals surface area contributed by atoms with Crippen LogP contribution in [0.1, 0.15) is 12.5 Å². The molecule has 0 aliphatic heterocycles. The predicted octanol–water partition coefficient (Wildman–Crippen LogP) is 2.97. The van der Waals surface area contributed by atoms with Crippen LogP contribution in [0.3, 0.4) is 0 Å². The fraction of sp³-hybridized carbons (Fsp3) is 0.400. The minimum absolute atomic E-state index is 0.191. The standard InChI is InChI=1S/C10H12BrF2N/c1-10(12,13)9(14)6-7-2-4-8(11)5-3-7/h2-5,9H,6,14H2,1H3. The SMILES string of the molecule is CC(F)(F)C(N)Cc1ccc(Br)cc1. The molecule has 2 N–H and O–H groups in total. The Morgan fingerprint density at radius 1 is 1.36 bits per heavy atom. The summed E-state index contributed by atoms with van der Waals surface area (Å²) in [5.74, 6) is -2.83. The summed E-state index contributed by atoms with van der Waals surface area (Å²) in [4.78, 5) is 0. The van der Waals surface area contributed by atoms with Gasteiger partial charge in [-0.15, -0.1) is 0 Å². The molecule has 0 bridgehead atoms. The van der Waals surface area contributed by atoms with Crippen molar-refractivity contribution in [2.45, 2.75) is 25.3 Å². The van der Waals surface area contributed by atoms with Gasteiger partial charge >= 0.3 is 0 Å². The lowest BCUT2D eigenvalue weighted by Gasteiger charge is -2.18. The van der Waals surface area contributed by atoms with Crippen molar-refractivity contribution in [3.8, 4) is 0 Å². The van der Waals surface area contributed by atoms with Crippen LogP contribution >= 0.6 is 15.9 Å². The van der Waals surface area contributed by atoms with Crippen LogP contribution in [0.4, 0.5) is 8.78 Å². The van der Waals surface area contributed by atoms with E-state index in [2.05, 4.69) is 15.9 Å². The fourth-order valence-corrected chi connectivity index (χ4v) is 1.32. The van der Waals surface area contributed by atoms with Gasteiger partial charge in [-0.05, 0) is 24.1 Å². The van der Waals surface area contributed by atoms with Crippen molar-refractivity contribution in [2.24, 2.45) is 5.73 Å². The molecule has 78 valence electrons. The molecule has 1 nitrogen and oxygen atoms in total. The topological polar surface area (TPSA) is 26.0 Å². The number of halogens is 3. The van der Waals surface area contributed by atoms with Crippen molar-refractivity contribution < 1.29 is 8.78 Å². The molecular weight excluding hydrogens is 252 g/mol. The molecule has 14 heavy (non-hydrogen) atoms. The van der Waals surface area contributed by atoms with E-state index < -0.39 is 12.0 Å². The van der Waals surface area contributed by atoms with Crippen LogP contribution in [0.25, 0.3) is 0 Å². The van der Waals surface area contributed by atoms with E-state index in [1.54, 1.807) is 12.1 Å². The van der Waals surface area contributed by atoms with Gasteiger partial charge in [0.05, 0.1) is 6.04 Å². The van der Waals surface area contributed by atoms with Gasteiger partial charge in [-0.1, -0.05) is 28.1 Å². The highest BCUT2D eigenvalue weighted by Crippen LogP contribution is 2.19. The van der Waals surface area contributed by atoms with E-state index in [9.17, 15) is 8.78 Å². The van der Waals surface area contributed by atoms with Crippen molar-refractivity contribution in [1.82, 2.24) is 0 Å². The van der Waals surface area contributed by atoms with Crippen LogP contribution in [0, 0.1) is 0 Å². The third-order valence-corrected chi connectivity index (χ3v) is 2.55. The Kier molecular flexibility index (Phi) is 3.61. The van der Waals surface area contributed by atoms with E-state index >= 15 is 0 Å². The third-order valence-electron chi connectivity index (χ3n) is 2.02. The molecule has 4 heteroatoms. The molecule has 1 rings (SSSR count). The monoisotopic (exact) mass is 263 g/mol. The number of rotatable bonds is 3. The largest absolute Gasteiger partial charge is 0.322 e. The van der Waals surface area contributed by atoms with Crippen molar-refractivity contribution in [3.05, 3.63) is 34.3 Å². The second-order valence-electron chi connectivity index (χ2n) is 3.39. The lowest BCUT2D eigenvalue weighted by atomic mass is 10.0. The molecule has 1 unspecified atom stereocenters. The number of nitrogens with two attached hydrogens (primary N) is 1. The molecule has 0 aliphatic rings. The maximum absolute atomic E-state index is 12.7. The van der Waals surface area contributed by atoms with Crippen LogP contribution < -0.4 is 5.73 Å². The van der Waals surface area contributed by atoms with Crippen LogP contribution in [0.2, 0.25) is 0 Å². The minimum atomic E-state index is -2.83. The zero-order valence-electron chi connectivity index (χ0n) is 7.81. The van der Waals surface area contributed by atoms with Crippen molar-refractivity contribution >= 4 is 15.9 Å². The lowest BCUT2D eigenvalue weighted by molar-refractivity contribution is -0.00513. The van der Waals surface area contributed by atoms with E-state index in [-0.39, 0.29) is 6.42 Å². The molecule has 0 fully saturated rings. The van der Waals surface area contributed by atoms with E-state index in [4.69, 9.17) is 5.73 Å². The molecule has 0 saturated heterocycles. The highest BCUT2D eigenvalue weighted by Gasteiger charge is 2.30. The van der Waals surface area contributed by atoms with Crippen molar-refractivity contribution in [1.29, 1.82) is 0 Å². The van der Waals surface area contributed by atoms with Crippen LogP contribution in [-0.2, 0) is 6.42 Å². The Morgan fingerprint density at radius 2 is 1.86 bits per heavy atom. The maximum atomic E-state index is 12.7. The first-order chi connectivity index (χ1) is 6.39. The van der Waals surface area contributed by atoms with Crippen molar-refractivity contribution in [3.63, 3.8) is 0 Å². The van der Waals surface area contributed by atoms with Gasteiger partial charge in [0, 0.05) is 11.4 Å². The van der Waals surface area contributed by atoms with E-state index in [0.29, 0.717) is 0 Å². The Balaban J connectivity index is 2.65. The van der Waals surface area contributed by atoms with Gasteiger partial charge in [0.2, 0.25) is 0 Å². The van der Waals surface area contributed by atoms with Gasteiger partial charge in [0.25, 0.3) is 5.92 Å². The summed E-state index contributed by atoms with van der Waals surface area (Å²) in [6.07, 6.45) is 0.191. The number of benzene rings is 1. The van der Waals surface area contributed by atoms with Gasteiger partial charge in [0.15, 0.2) is 0 Å². The molecule has 0 spiro atoms. The zero-order valence-corrected chi connectivity index (χ0v) is 9.39. The highest BCUT2D eigenvalue weighted by atomic mass is 79.9. The summed E-state index contributed by atoms with van der Waals surface area (Å²) in [5.41, 5.74) is 6.18. The number of hydrogen-bond donors (Lipinski definition) is 1. The summed E-state index contributed by atoms with van der Waals surface area (Å²) in [6, 6.07) is 6.08. The minimum Gasteiger partial charge on any atom is -0.322 e. The smallest absolute Gasteiger partial charge is 0.260 e. The molecule has 0 radical (unpaired) electrons. The van der Waals surface area contributed by atoms with Crippen LogP contribution in [0.15, 0.2) is 28.7 Å². The van der Waals surface area contributed by atoms with E-state index in [1.807, 2.05) is 12.1 Å². The molecule has 0 heterocycles. The van der Waals surface area contributed by atoms with Gasteiger partial charge in [0.1, 0.15) is 0 Å². The summed E-state index contributed by atoms with van der Waals surface area (Å²) < 4.78 is 26.4. The van der Waals surface area contributed by atoms with Gasteiger partial charge in [-0.2, -0.15) is 0 Å². The summed E-state index contributed by atoms with van der Waals surface area (Å²) in [5, 5.41) is 0. The van der Waals surface area contributed by atoms with Crippen LogP contribution in [-0.4, -0.2) is 12.0 Å². The van der Waals surface area contributed by atoms with Crippen molar-refractivity contribution in [2.75, 3.05) is 0 Å². The normalized spacial score (nSPS) is 14.1. The number of hydrogen-bond acceptors (Lipinski definition) is 1. The molecule has 1 atom stereocenters. The zero-order chi connectivity index (χ0) is 10.8. The first kappa shape index (κ1) is 11.6. The van der Waals surface area contributed by atoms with Crippen LogP contribution in [0.5, 0.6) is 0 Å². The fourth-order valence-electron chi connectivity index (χ4n) is 1.05. The Bertz CT molecular complexity index is 292. The third kappa shape index (κ3) is 3.35. The molecule has 0 aliphatic carbocycles. The van der Waals surface area contributed by atoms with Gasteiger partial charge in [-0.25, -0.2) is 8.78 Å². The average molecular weight is 264 g/mol. The second kappa shape index (κ2) is 4.36. The second-order valence-corrected chi connectivity index (χ2v) is 4.31. The maximum Gasteiger partial charge on any atom is 0.260 e. The molecule has 0 amide bonds. The first-order valence-electron chi connectivity index (χ1n) is 4.27. The Hall–Kier alpha value is -0.480. The summed E-state index contributed by atoms with van der Waals surface area (Å²) >= 11 is 3.27. The lowest BCUT2D eigenvalue weighted by Crippen LogP contribution is -2.40.